The Balaban J connectivity index is 3.42. The molecule has 1 aromatic carbocycles. The van der Waals surface area contributed by atoms with Gasteiger partial charge < -0.3 is 4.74 Å². The summed E-state index contributed by atoms with van der Waals surface area (Å²) in [4.78, 5) is 11.6. The van der Waals surface area contributed by atoms with Crippen molar-refractivity contribution in [2.24, 2.45) is 5.92 Å². The van der Waals surface area contributed by atoms with Crippen molar-refractivity contribution in [2.75, 3.05) is 0 Å². The van der Waals surface area contributed by atoms with E-state index in [0.29, 0.717) is 18.4 Å². The summed E-state index contributed by atoms with van der Waals surface area (Å²) in [6, 6.07) is 9.12. The molecule has 0 spiro atoms. The Morgan fingerprint density at radius 1 is 1.11 bits per heavy atom. The molecule has 0 amide bonds. The van der Waals surface area contributed by atoms with Crippen molar-refractivity contribution < 1.29 is 13.9 Å². The Hall–Kier alpha value is -1.89. The Labute approximate surface area is 170 Å². The molecule has 0 aliphatic rings. The number of nitrogens with zero attached hydrogens (tertiary/aromatic N) is 1. The lowest BCUT2D eigenvalue weighted by molar-refractivity contribution is -0.147. The van der Waals surface area contributed by atoms with Crippen molar-refractivity contribution in [1.29, 1.82) is 5.26 Å². The Morgan fingerprint density at radius 2 is 1.79 bits per heavy atom. The van der Waals surface area contributed by atoms with Gasteiger partial charge in [-0.25, -0.2) is 4.39 Å². The summed E-state index contributed by atoms with van der Waals surface area (Å²) in [5.74, 6) is -0.670. The summed E-state index contributed by atoms with van der Waals surface area (Å²) in [5.41, 5.74) is -0.551. The van der Waals surface area contributed by atoms with Crippen LogP contribution < -0.4 is 0 Å². The second-order valence-corrected chi connectivity index (χ2v) is 7.77. The van der Waals surface area contributed by atoms with Gasteiger partial charge in [-0.3, -0.25) is 4.79 Å². The van der Waals surface area contributed by atoms with Crippen LogP contribution in [0.2, 0.25) is 0 Å². The van der Waals surface area contributed by atoms with Crippen LogP contribution >= 0.6 is 0 Å². The average molecular weight is 390 g/mol. The van der Waals surface area contributed by atoms with Gasteiger partial charge in [0.15, 0.2) is 0 Å². The summed E-state index contributed by atoms with van der Waals surface area (Å²) in [6.07, 6.45) is 7.35. The molecule has 1 aromatic rings. The molecule has 0 saturated heterocycles. The lowest BCUT2D eigenvalue weighted by Gasteiger charge is -2.38. The summed E-state index contributed by atoms with van der Waals surface area (Å²) >= 11 is 0. The molecule has 0 bridgehead atoms. The molecule has 3 unspecified atom stereocenters. The van der Waals surface area contributed by atoms with Gasteiger partial charge in [-0.2, -0.15) is 5.26 Å². The molecule has 28 heavy (non-hydrogen) atoms. The number of hydrogen-bond acceptors (Lipinski definition) is 3. The first-order chi connectivity index (χ1) is 13.4. The smallest absolute Gasteiger partial charge is 0.302 e. The number of halogens is 1. The fourth-order valence-corrected chi connectivity index (χ4v) is 4.26. The summed E-state index contributed by atoms with van der Waals surface area (Å²) in [6.45, 7) is 7.68. The lowest BCUT2D eigenvalue weighted by atomic mass is 9.64. The number of carbonyl (C=O) groups excluding carboxylic acids is 1. The van der Waals surface area contributed by atoms with Crippen LogP contribution in [-0.4, -0.2) is 12.1 Å². The molecule has 0 fully saturated rings. The highest BCUT2D eigenvalue weighted by Gasteiger charge is 2.44. The van der Waals surface area contributed by atoms with Crippen LogP contribution in [-0.2, 0) is 14.9 Å². The summed E-state index contributed by atoms with van der Waals surface area (Å²) in [7, 11) is 0. The first-order valence-electron chi connectivity index (χ1n) is 10.8. The first kappa shape index (κ1) is 24.1. The van der Waals surface area contributed by atoms with Gasteiger partial charge in [0.1, 0.15) is 11.9 Å². The first-order valence-corrected chi connectivity index (χ1v) is 10.8. The van der Waals surface area contributed by atoms with Crippen LogP contribution in [0.1, 0.15) is 91.0 Å². The molecule has 0 aromatic heterocycles. The van der Waals surface area contributed by atoms with E-state index in [1.54, 1.807) is 18.2 Å². The van der Waals surface area contributed by atoms with Gasteiger partial charge in [-0.1, -0.05) is 71.1 Å². The third kappa shape index (κ3) is 6.62. The largest absolute Gasteiger partial charge is 0.462 e. The van der Waals surface area contributed by atoms with E-state index in [1.807, 2.05) is 6.92 Å². The predicted octanol–water partition coefficient (Wildman–Crippen LogP) is 6.71. The number of benzene rings is 1. The number of unbranched alkanes of at least 4 members (excludes halogenated alkanes) is 2. The zero-order valence-corrected chi connectivity index (χ0v) is 18.0. The van der Waals surface area contributed by atoms with Gasteiger partial charge in [0.2, 0.25) is 0 Å². The fraction of sp³-hybridized carbons (Fsp3) is 0.667. The molecule has 0 aliphatic carbocycles. The van der Waals surface area contributed by atoms with Gasteiger partial charge in [-0.15, -0.1) is 0 Å². The van der Waals surface area contributed by atoms with Crippen molar-refractivity contribution in [3.63, 3.8) is 0 Å². The van der Waals surface area contributed by atoms with E-state index in [0.717, 1.165) is 44.9 Å². The Kier molecular flexibility index (Phi) is 10.8. The van der Waals surface area contributed by atoms with Crippen LogP contribution in [0.5, 0.6) is 0 Å². The predicted molar refractivity (Wildman–Crippen MR) is 111 cm³/mol. The Bertz CT molecular complexity index is 640. The molecule has 3 nitrogen and oxygen atoms in total. The molecule has 1 rings (SSSR count). The van der Waals surface area contributed by atoms with Crippen LogP contribution in [0.3, 0.4) is 0 Å². The maximum Gasteiger partial charge on any atom is 0.302 e. The Morgan fingerprint density at radius 3 is 2.32 bits per heavy atom. The number of carbonyl (C=O) groups is 1. The van der Waals surface area contributed by atoms with Gasteiger partial charge in [-0.05, 0) is 31.2 Å². The van der Waals surface area contributed by atoms with Crippen LogP contribution in [0.25, 0.3) is 0 Å². The van der Waals surface area contributed by atoms with Crippen molar-refractivity contribution in [2.45, 2.75) is 97.0 Å². The van der Waals surface area contributed by atoms with Gasteiger partial charge >= 0.3 is 5.97 Å². The molecule has 4 heteroatoms. The molecule has 0 saturated carbocycles. The number of esters is 1. The van der Waals surface area contributed by atoms with Crippen LogP contribution in [0, 0.1) is 23.1 Å². The third-order valence-corrected chi connectivity index (χ3v) is 5.54. The van der Waals surface area contributed by atoms with E-state index in [2.05, 4.69) is 19.9 Å². The minimum absolute atomic E-state index is 0.0286. The van der Waals surface area contributed by atoms with Crippen molar-refractivity contribution >= 4 is 5.97 Å². The number of hydrogen-bond donors (Lipinski definition) is 0. The third-order valence-electron chi connectivity index (χ3n) is 5.54. The molecule has 156 valence electrons. The highest BCUT2D eigenvalue weighted by atomic mass is 19.1. The average Bonchev–Trinajstić information content (AvgIpc) is 2.66. The van der Waals surface area contributed by atoms with E-state index < -0.39 is 5.41 Å². The zero-order chi connectivity index (χ0) is 21.0. The van der Waals surface area contributed by atoms with Crippen molar-refractivity contribution in [3.05, 3.63) is 35.6 Å². The van der Waals surface area contributed by atoms with E-state index in [4.69, 9.17) is 4.74 Å². The minimum atomic E-state index is -0.996. The minimum Gasteiger partial charge on any atom is -0.462 e. The van der Waals surface area contributed by atoms with E-state index in [1.165, 1.54) is 13.0 Å². The lowest BCUT2D eigenvalue weighted by Crippen LogP contribution is -2.39. The van der Waals surface area contributed by atoms with E-state index >= 15 is 0 Å². The maximum absolute atomic E-state index is 14.9. The monoisotopic (exact) mass is 389 g/mol. The topological polar surface area (TPSA) is 50.1 Å². The highest BCUT2D eigenvalue weighted by molar-refractivity contribution is 5.66. The second kappa shape index (κ2) is 12.5. The normalized spacial score (nSPS) is 15.3. The fourth-order valence-electron chi connectivity index (χ4n) is 4.26. The van der Waals surface area contributed by atoms with Gasteiger partial charge in [0.05, 0.1) is 11.5 Å². The molecule has 3 atom stereocenters. The molecule has 0 aliphatic heterocycles. The molecule has 0 heterocycles. The standard InChI is InChI=1S/C24H36FNO2/c1-5-8-9-14-20(12-6-2)24(18-26,22-15-10-11-16-23(22)25)17-21(13-7-3)28-19(4)27/h10-11,15-16,20-21H,5-9,12-14,17H2,1-4H3. The van der Waals surface area contributed by atoms with E-state index in [-0.39, 0.29) is 23.8 Å². The molecule has 0 N–H and O–H groups in total. The number of rotatable bonds is 13. The SMILES string of the molecule is CCCCCC(CCC)C(C#N)(CC(CCC)OC(C)=O)c1ccccc1F. The zero-order valence-electron chi connectivity index (χ0n) is 18.0. The highest BCUT2D eigenvalue weighted by Crippen LogP contribution is 2.43. The van der Waals surface area contributed by atoms with Crippen molar-refractivity contribution in [1.82, 2.24) is 0 Å². The van der Waals surface area contributed by atoms with Gasteiger partial charge in [0.25, 0.3) is 0 Å². The molecular weight excluding hydrogens is 353 g/mol. The van der Waals surface area contributed by atoms with Crippen molar-refractivity contribution in [3.8, 4) is 6.07 Å². The van der Waals surface area contributed by atoms with Crippen LogP contribution in [0.15, 0.2) is 24.3 Å². The van der Waals surface area contributed by atoms with E-state index in [9.17, 15) is 14.4 Å². The summed E-state index contributed by atoms with van der Waals surface area (Å²) in [5, 5.41) is 10.4. The second-order valence-electron chi connectivity index (χ2n) is 7.77. The van der Waals surface area contributed by atoms with Crippen LogP contribution in [0.4, 0.5) is 4.39 Å². The molecule has 0 radical (unpaired) electrons. The number of nitriles is 1. The number of ether oxygens (including phenoxy) is 1. The van der Waals surface area contributed by atoms with Gasteiger partial charge in [0, 0.05) is 18.9 Å². The molecular formula is C24H36FNO2. The maximum atomic E-state index is 14.9. The summed E-state index contributed by atoms with van der Waals surface area (Å²) < 4.78 is 20.5. The quantitative estimate of drug-likeness (QED) is 0.278.